The van der Waals surface area contributed by atoms with Crippen LogP contribution in [0.2, 0.25) is 0 Å². The fourth-order valence-corrected chi connectivity index (χ4v) is 12.8. The molecule has 0 saturated heterocycles. The number of amides is 1. The molecule has 0 aliphatic rings. The summed E-state index contributed by atoms with van der Waals surface area (Å²) in [6, 6.07) is -0.542. The van der Waals surface area contributed by atoms with Gasteiger partial charge in [0.1, 0.15) is 0 Å². The minimum atomic E-state index is -0.665. The second-order valence-corrected chi connectivity index (χ2v) is 27.7. The van der Waals surface area contributed by atoms with Crippen LogP contribution in [0.1, 0.15) is 450 Å². The normalized spacial score (nSPS) is 12.6. The minimum Gasteiger partial charge on any atom is -0.466 e. The van der Waals surface area contributed by atoms with Gasteiger partial charge in [0.15, 0.2) is 0 Å². The topological polar surface area (TPSA) is 95.9 Å². The average Bonchev–Trinajstić information content (AvgIpc) is 3.58. The Kier molecular flexibility index (Phi) is 75.8. The molecule has 520 valence electrons. The van der Waals surface area contributed by atoms with E-state index in [1.807, 2.05) is 0 Å². The second-order valence-electron chi connectivity index (χ2n) is 27.7. The van der Waals surface area contributed by atoms with E-state index < -0.39 is 12.1 Å². The summed E-state index contributed by atoms with van der Waals surface area (Å²) in [5.41, 5.74) is 0. The van der Waals surface area contributed by atoms with E-state index in [1.165, 1.54) is 366 Å². The highest BCUT2D eigenvalue weighted by Crippen LogP contribution is 2.20. The summed E-state index contributed by atoms with van der Waals surface area (Å²) in [4.78, 5) is 24.7. The van der Waals surface area contributed by atoms with Crippen LogP contribution in [-0.2, 0) is 14.3 Å². The van der Waals surface area contributed by atoms with Gasteiger partial charge in [0, 0.05) is 12.8 Å². The lowest BCUT2D eigenvalue weighted by molar-refractivity contribution is -0.143. The lowest BCUT2D eigenvalue weighted by atomic mass is 10.0. The molecule has 1 amide bonds. The number of nitrogens with one attached hydrogen (secondary N) is 1. The van der Waals surface area contributed by atoms with Gasteiger partial charge in [0.25, 0.3) is 0 Å². The number of allylic oxidation sites excluding steroid dienone is 6. The molecular formula is C82H157NO5. The molecule has 0 aromatic carbocycles. The number of aliphatic hydroxyl groups excluding tert-OH is 2. The largest absolute Gasteiger partial charge is 0.466 e. The smallest absolute Gasteiger partial charge is 0.305 e. The number of carbonyl (C=O) groups is 2. The van der Waals surface area contributed by atoms with Gasteiger partial charge in [0.2, 0.25) is 5.91 Å². The summed E-state index contributed by atoms with van der Waals surface area (Å²) in [6.45, 7) is 4.97. The van der Waals surface area contributed by atoms with E-state index in [0.29, 0.717) is 25.9 Å². The van der Waals surface area contributed by atoms with Crippen LogP contribution in [0.3, 0.4) is 0 Å². The zero-order chi connectivity index (χ0) is 63.5. The molecule has 0 bridgehead atoms. The van der Waals surface area contributed by atoms with Crippen molar-refractivity contribution in [1.82, 2.24) is 5.32 Å². The number of unbranched alkanes of at least 4 members (excludes halogenated alkanes) is 59. The maximum absolute atomic E-state index is 12.6. The summed E-state index contributed by atoms with van der Waals surface area (Å²) in [5, 5.41) is 23.5. The first-order valence-corrected chi connectivity index (χ1v) is 40.2. The SMILES string of the molecule is CCCCC/C=C\C/C=C\CCCCCCCC(=O)OCCCCCCCCCCCCCC/C=C\CCCCCCCCCCCCCCCCCC(=O)NC(CO)C(O)CCCCCCCCCCCCCCCCCCCCCCCCCCC. The molecule has 0 spiro atoms. The highest BCUT2D eigenvalue weighted by atomic mass is 16.5. The maximum atomic E-state index is 12.6. The average molecular weight is 1240 g/mol. The van der Waals surface area contributed by atoms with Crippen LogP contribution in [0.4, 0.5) is 0 Å². The lowest BCUT2D eigenvalue weighted by Crippen LogP contribution is -2.45. The predicted octanol–water partition coefficient (Wildman–Crippen LogP) is 26.6. The van der Waals surface area contributed by atoms with Crippen molar-refractivity contribution in [3.05, 3.63) is 36.5 Å². The van der Waals surface area contributed by atoms with E-state index >= 15 is 0 Å². The first-order valence-electron chi connectivity index (χ1n) is 40.2. The zero-order valence-electron chi connectivity index (χ0n) is 59.7. The van der Waals surface area contributed by atoms with Gasteiger partial charge in [-0.1, -0.05) is 391 Å². The molecule has 0 aromatic rings. The number of aliphatic hydroxyl groups is 2. The van der Waals surface area contributed by atoms with Gasteiger partial charge in [-0.2, -0.15) is 0 Å². The monoisotopic (exact) mass is 1240 g/mol. The Morgan fingerprint density at radius 3 is 0.898 bits per heavy atom. The van der Waals surface area contributed by atoms with Crippen LogP contribution in [0.25, 0.3) is 0 Å². The van der Waals surface area contributed by atoms with Crippen molar-refractivity contribution < 1.29 is 24.5 Å². The van der Waals surface area contributed by atoms with Crippen LogP contribution in [0.15, 0.2) is 36.5 Å². The van der Waals surface area contributed by atoms with Gasteiger partial charge in [0.05, 0.1) is 25.4 Å². The van der Waals surface area contributed by atoms with E-state index in [9.17, 15) is 19.8 Å². The molecule has 3 N–H and O–H groups in total. The van der Waals surface area contributed by atoms with E-state index in [4.69, 9.17) is 4.74 Å². The molecule has 0 radical (unpaired) electrons. The fraction of sp³-hybridized carbons (Fsp3) is 0.902. The van der Waals surface area contributed by atoms with E-state index in [0.717, 1.165) is 51.4 Å². The quantitative estimate of drug-likeness (QED) is 0.0320. The third-order valence-corrected chi connectivity index (χ3v) is 18.9. The van der Waals surface area contributed by atoms with E-state index in [-0.39, 0.29) is 18.5 Å². The molecule has 0 saturated carbocycles. The van der Waals surface area contributed by atoms with E-state index in [1.54, 1.807) is 0 Å². The van der Waals surface area contributed by atoms with Crippen LogP contribution >= 0.6 is 0 Å². The molecule has 2 atom stereocenters. The zero-order valence-corrected chi connectivity index (χ0v) is 59.7. The number of hydrogen-bond donors (Lipinski definition) is 3. The third-order valence-electron chi connectivity index (χ3n) is 18.9. The molecule has 0 fully saturated rings. The first kappa shape index (κ1) is 86.1. The number of ether oxygens (including phenoxy) is 1. The molecule has 0 aliphatic carbocycles. The second kappa shape index (κ2) is 77.5. The fourth-order valence-electron chi connectivity index (χ4n) is 12.8. The summed E-state index contributed by atoms with van der Waals surface area (Å²) in [5.74, 6) is -0.0229. The van der Waals surface area contributed by atoms with Crippen molar-refractivity contribution in [2.75, 3.05) is 13.2 Å². The summed E-state index contributed by atoms with van der Waals surface area (Å²) in [6.07, 6.45) is 101. The Balaban J connectivity index is 3.37. The molecular weight excluding hydrogens is 1080 g/mol. The molecule has 6 heteroatoms. The highest BCUT2D eigenvalue weighted by molar-refractivity contribution is 5.76. The summed E-state index contributed by atoms with van der Waals surface area (Å²) in [7, 11) is 0. The third kappa shape index (κ3) is 73.1. The molecule has 0 rings (SSSR count). The highest BCUT2D eigenvalue weighted by Gasteiger charge is 2.20. The van der Waals surface area contributed by atoms with Gasteiger partial charge >= 0.3 is 5.97 Å². The van der Waals surface area contributed by atoms with Crippen molar-refractivity contribution in [2.24, 2.45) is 0 Å². The first-order chi connectivity index (χ1) is 43.5. The van der Waals surface area contributed by atoms with Crippen LogP contribution < -0.4 is 5.32 Å². The number of rotatable bonds is 76. The lowest BCUT2D eigenvalue weighted by Gasteiger charge is -2.22. The molecule has 0 heterocycles. The van der Waals surface area contributed by atoms with E-state index in [2.05, 4.69) is 55.6 Å². The standard InChI is InChI=1S/C82H157NO5/c1-3-5-7-9-11-13-15-17-19-20-21-22-23-31-34-37-40-43-47-50-54-58-62-66-70-74-80(85)79(78-84)83-81(86)75-71-67-63-59-55-51-48-44-41-38-35-32-29-27-25-24-26-28-30-33-36-39-42-45-49-53-57-61-65-69-73-77-88-82(87)76-72-68-64-60-56-52-46-18-16-14-12-10-8-6-4-2/h12,14,18,26,28,46,79-80,84-85H,3-11,13,15-17,19-25,27,29-45,47-78H2,1-2H3,(H,83,86)/b14-12-,28-26-,46-18-. The Morgan fingerprint density at radius 2 is 0.568 bits per heavy atom. The minimum absolute atomic E-state index is 0.00443. The molecule has 0 aliphatic heterocycles. The number of hydrogen-bond acceptors (Lipinski definition) is 5. The van der Waals surface area contributed by atoms with Gasteiger partial charge in [-0.15, -0.1) is 0 Å². The summed E-state index contributed by atoms with van der Waals surface area (Å²) < 4.78 is 5.49. The maximum Gasteiger partial charge on any atom is 0.305 e. The van der Waals surface area contributed by atoms with Crippen molar-refractivity contribution in [1.29, 1.82) is 0 Å². The Labute approximate surface area is 551 Å². The Morgan fingerprint density at radius 1 is 0.318 bits per heavy atom. The van der Waals surface area contributed by atoms with Crippen LogP contribution in [0, 0.1) is 0 Å². The number of esters is 1. The van der Waals surface area contributed by atoms with Crippen LogP contribution in [-0.4, -0.2) is 47.4 Å². The van der Waals surface area contributed by atoms with Gasteiger partial charge in [-0.05, 0) is 83.5 Å². The Hall–Kier alpha value is -1.92. The molecule has 6 nitrogen and oxygen atoms in total. The van der Waals surface area contributed by atoms with Gasteiger partial charge < -0.3 is 20.3 Å². The Bertz CT molecular complexity index is 1430. The van der Waals surface area contributed by atoms with Gasteiger partial charge in [-0.3, -0.25) is 9.59 Å². The number of carbonyl (C=O) groups excluding carboxylic acids is 2. The summed E-state index contributed by atoms with van der Waals surface area (Å²) >= 11 is 0. The molecule has 88 heavy (non-hydrogen) atoms. The molecule has 0 aromatic heterocycles. The van der Waals surface area contributed by atoms with Crippen molar-refractivity contribution in [3.63, 3.8) is 0 Å². The van der Waals surface area contributed by atoms with Crippen LogP contribution in [0.5, 0.6) is 0 Å². The molecule has 2 unspecified atom stereocenters. The van der Waals surface area contributed by atoms with Crippen molar-refractivity contribution in [2.45, 2.75) is 463 Å². The van der Waals surface area contributed by atoms with Crippen molar-refractivity contribution in [3.8, 4) is 0 Å². The van der Waals surface area contributed by atoms with Crippen molar-refractivity contribution >= 4 is 11.9 Å². The predicted molar refractivity (Wildman–Crippen MR) is 389 cm³/mol. The van der Waals surface area contributed by atoms with Gasteiger partial charge in [-0.25, -0.2) is 0 Å².